The second-order valence-corrected chi connectivity index (χ2v) is 6.27. The molecule has 0 fully saturated rings. The van der Waals surface area contributed by atoms with Crippen LogP contribution in [0.25, 0.3) is 17.0 Å². The number of ketones is 1. The molecule has 0 saturated heterocycles. The van der Waals surface area contributed by atoms with E-state index in [0.717, 1.165) is 0 Å². The van der Waals surface area contributed by atoms with Crippen molar-refractivity contribution in [1.82, 2.24) is 0 Å². The Morgan fingerprint density at radius 3 is 2.42 bits per heavy atom. The summed E-state index contributed by atoms with van der Waals surface area (Å²) in [5, 5.41) is 1.96. The summed E-state index contributed by atoms with van der Waals surface area (Å²) in [4.78, 5) is 24.3. The molecule has 0 saturated carbocycles. The summed E-state index contributed by atoms with van der Waals surface area (Å²) >= 11 is 17.8. The van der Waals surface area contributed by atoms with Gasteiger partial charge < -0.3 is 4.42 Å². The van der Waals surface area contributed by atoms with Crippen molar-refractivity contribution < 1.29 is 9.21 Å². The first-order valence-electron chi connectivity index (χ1n) is 6.85. The highest BCUT2D eigenvalue weighted by Crippen LogP contribution is 2.22. The van der Waals surface area contributed by atoms with E-state index in [1.54, 1.807) is 36.4 Å². The fourth-order valence-corrected chi connectivity index (χ4v) is 2.81. The summed E-state index contributed by atoms with van der Waals surface area (Å²) in [6.45, 7) is 0. The molecule has 0 aliphatic heterocycles. The maximum absolute atomic E-state index is 12.3. The van der Waals surface area contributed by atoms with E-state index in [4.69, 9.17) is 39.2 Å². The van der Waals surface area contributed by atoms with E-state index >= 15 is 0 Å². The summed E-state index contributed by atoms with van der Waals surface area (Å²) in [5.41, 5.74) is 0.195. The van der Waals surface area contributed by atoms with E-state index in [2.05, 4.69) is 0 Å². The fraction of sp³-hybridized carbons (Fsp3) is 0. The summed E-state index contributed by atoms with van der Waals surface area (Å²) in [5.74, 6) is -0.489. The predicted octanol–water partition coefficient (Wildman–Crippen LogP) is 5.65. The normalized spacial score (nSPS) is 11.3. The Bertz CT molecular complexity index is 1040. The van der Waals surface area contributed by atoms with Gasteiger partial charge in [-0.05, 0) is 54.1 Å². The van der Waals surface area contributed by atoms with Gasteiger partial charge in [-0.25, -0.2) is 4.79 Å². The van der Waals surface area contributed by atoms with Crippen LogP contribution in [0.5, 0.6) is 0 Å². The van der Waals surface area contributed by atoms with Gasteiger partial charge in [0.25, 0.3) is 0 Å². The maximum atomic E-state index is 12.3. The van der Waals surface area contributed by atoms with E-state index in [-0.39, 0.29) is 5.56 Å². The molecule has 24 heavy (non-hydrogen) atoms. The third-order valence-electron chi connectivity index (χ3n) is 3.34. The van der Waals surface area contributed by atoms with Crippen LogP contribution in [0.2, 0.25) is 15.1 Å². The zero-order valence-corrected chi connectivity index (χ0v) is 14.3. The molecule has 1 aromatic heterocycles. The summed E-state index contributed by atoms with van der Waals surface area (Å²) in [7, 11) is 0. The molecule has 0 amide bonds. The molecule has 3 rings (SSSR count). The van der Waals surface area contributed by atoms with E-state index in [1.165, 1.54) is 18.2 Å². The quantitative estimate of drug-likeness (QED) is 0.336. The van der Waals surface area contributed by atoms with E-state index < -0.39 is 11.4 Å². The molecular formula is C18H9Cl3O3. The number of allylic oxidation sites excluding steroid dienone is 1. The molecule has 6 heteroatoms. The van der Waals surface area contributed by atoms with Crippen LogP contribution in [0, 0.1) is 0 Å². The van der Waals surface area contributed by atoms with Crippen molar-refractivity contribution >= 4 is 57.6 Å². The van der Waals surface area contributed by atoms with Crippen LogP contribution in [0.3, 0.4) is 0 Å². The molecule has 3 nitrogen and oxygen atoms in total. The van der Waals surface area contributed by atoms with E-state index in [9.17, 15) is 9.59 Å². The highest BCUT2D eigenvalue weighted by molar-refractivity contribution is 6.35. The third-order valence-corrected chi connectivity index (χ3v) is 4.13. The molecule has 0 spiro atoms. The third kappa shape index (κ3) is 3.54. The molecule has 3 aromatic rings. The van der Waals surface area contributed by atoms with Crippen molar-refractivity contribution in [2.24, 2.45) is 0 Å². The second-order valence-electron chi connectivity index (χ2n) is 4.99. The Kier molecular flexibility index (Phi) is 4.76. The number of hydrogen-bond acceptors (Lipinski definition) is 3. The average Bonchev–Trinajstić information content (AvgIpc) is 2.53. The average molecular weight is 380 g/mol. The van der Waals surface area contributed by atoms with Crippen LogP contribution < -0.4 is 5.63 Å². The van der Waals surface area contributed by atoms with Gasteiger partial charge in [0, 0.05) is 20.5 Å². The van der Waals surface area contributed by atoms with Crippen molar-refractivity contribution in [2.45, 2.75) is 0 Å². The Balaban J connectivity index is 1.97. The number of carbonyl (C=O) groups is 1. The first-order valence-corrected chi connectivity index (χ1v) is 7.98. The van der Waals surface area contributed by atoms with Crippen molar-refractivity contribution in [2.75, 3.05) is 0 Å². The number of rotatable bonds is 3. The summed E-state index contributed by atoms with van der Waals surface area (Å²) < 4.78 is 5.15. The van der Waals surface area contributed by atoms with Crippen LogP contribution >= 0.6 is 34.8 Å². The van der Waals surface area contributed by atoms with Gasteiger partial charge in [0.2, 0.25) is 0 Å². The van der Waals surface area contributed by atoms with Gasteiger partial charge in [-0.15, -0.1) is 0 Å². The lowest BCUT2D eigenvalue weighted by atomic mass is 10.1. The second kappa shape index (κ2) is 6.81. The van der Waals surface area contributed by atoms with Crippen LogP contribution in [0.4, 0.5) is 0 Å². The molecule has 0 bridgehead atoms. The van der Waals surface area contributed by atoms with Crippen molar-refractivity contribution in [3.05, 3.63) is 85.2 Å². The molecule has 0 N–H and O–H groups in total. The molecule has 2 aromatic carbocycles. The van der Waals surface area contributed by atoms with Gasteiger partial charge >= 0.3 is 5.63 Å². The van der Waals surface area contributed by atoms with Gasteiger partial charge in [0.05, 0.1) is 0 Å². The Labute approximate surface area is 152 Å². The van der Waals surface area contributed by atoms with Crippen molar-refractivity contribution in [3.8, 4) is 0 Å². The number of benzene rings is 2. The lowest BCUT2D eigenvalue weighted by molar-refractivity contribution is 0.104. The molecule has 1 heterocycles. The van der Waals surface area contributed by atoms with Crippen LogP contribution in [-0.4, -0.2) is 5.78 Å². The molecule has 0 radical (unpaired) electrons. The number of carbonyl (C=O) groups excluding carboxylic acids is 1. The van der Waals surface area contributed by atoms with E-state index in [0.29, 0.717) is 31.6 Å². The Morgan fingerprint density at radius 2 is 1.67 bits per heavy atom. The standard InChI is InChI=1S/C18H9Cl3O3/c19-12-4-6-17-11(7-12)8-14(18(23)24-17)16(22)5-2-10-1-3-13(20)9-15(10)21/h1-9H/b5-2-. The summed E-state index contributed by atoms with van der Waals surface area (Å²) in [6.07, 6.45) is 2.78. The molecule has 0 atom stereocenters. The topological polar surface area (TPSA) is 47.3 Å². The fourth-order valence-electron chi connectivity index (χ4n) is 2.16. The molecule has 0 aliphatic rings. The van der Waals surface area contributed by atoms with Crippen LogP contribution in [-0.2, 0) is 0 Å². The molecule has 0 aliphatic carbocycles. The number of halogens is 3. The zero-order chi connectivity index (χ0) is 17.3. The lowest BCUT2D eigenvalue weighted by Crippen LogP contribution is -2.11. The highest BCUT2D eigenvalue weighted by Gasteiger charge is 2.11. The Hall–Kier alpha value is -2.07. The van der Waals surface area contributed by atoms with Crippen LogP contribution in [0.1, 0.15) is 15.9 Å². The first-order chi connectivity index (χ1) is 11.4. The Morgan fingerprint density at radius 1 is 0.958 bits per heavy atom. The largest absolute Gasteiger partial charge is 0.422 e. The SMILES string of the molecule is O=C(/C=C\c1ccc(Cl)cc1Cl)c1cc2cc(Cl)ccc2oc1=O. The van der Waals surface area contributed by atoms with Crippen molar-refractivity contribution in [3.63, 3.8) is 0 Å². The van der Waals surface area contributed by atoms with Gasteiger partial charge in [0.1, 0.15) is 11.1 Å². The zero-order valence-electron chi connectivity index (χ0n) is 12.1. The lowest BCUT2D eigenvalue weighted by Gasteiger charge is -2.01. The minimum absolute atomic E-state index is 0.0777. The monoisotopic (exact) mass is 378 g/mol. The minimum Gasteiger partial charge on any atom is -0.422 e. The smallest absolute Gasteiger partial charge is 0.347 e. The van der Waals surface area contributed by atoms with E-state index in [1.807, 2.05) is 0 Å². The van der Waals surface area contributed by atoms with Gasteiger partial charge in [0.15, 0.2) is 5.78 Å². The predicted molar refractivity (Wildman–Crippen MR) is 97.3 cm³/mol. The minimum atomic E-state index is -0.707. The van der Waals surface area contributed by atoms with Crippen LogP contribution in [0.15, 0.2) is 57.8 Å². The summed E-state index contributed by atoms with van der Waals surface area (Å²) in [6, 6.07) is 11.2. The first kappa shape index (κ1) is 16.8. The van der Waals surface area contributed by atoms with Gasteiger partial charge in [-0.1, -0.05) is 40.9 Å². The number of hydrogen-bond donors (Lipinski definition) is 0. The molecule has 0 unspecified atom stereocenters. The van der Waals surface area contributed by atoms with Crippen molar-refractivity contribution in [1.29, 1.82) is 0 Å². The molecular weight excluding hydrogens is 371 g/mol. The highest BCUT2D eigenvalue weighted by atomic mass is 35.5. The maximum Gasteiger partial charge on any atom is 0.347 e. The van der Waals surface area contributed by atoms with Gasteiger partial charge in [-0.2, -0.15) is 0 Å². The van der Waals surface area contributed by atoms with Gasteiger partial charge in [-0.3, -0.25) is 4.79 Å². The molecule has 120 valence electrons. The number of fused-ring (bicyclic) bond motifs is 1.